The van der Waals surface area contributed by atoms with Crippen LogP contribution >= 0.6 is 11.8 Å². The largest absolute Gasteiger partial charge is 0.443 e. The van der Waals surface area contributed by atoms with Crippen LogP contribution in [0, 0.1) is 5.82 Å². The molecule has 8 heteroatoms. The maximum Gasteiger partial charge on any atom is 0.414 e. The molecule has 2 aliphatic rings. The smallest absolute Gasteiger partial charge is 0.414 e. The third kappa shape index (κ3) is 3.11. The van der Waals surface area contributed by atoms with Gasteiger partial charge in [-0.15, -0.1) is 0 Å². The zero-order chi connectivity index (χ0) is 15.5. The van der Waals surface area contributed by atoms with Crippen LogP contribution in [0.15, 0.2) is 18.2 Å². The van der Waals surface area contributed by atoms with E-state index in [1.54, 1.807) is 12.1 Å². The molecule has 1 atom stereocenters. The number of carbonyl (C=O) groups excluding carboxylic acids is 1. The van der Waals surface area contributed by atoms with E-state index in [-0.39, 0.29) is 11.9 Å². The van der Waals surface area contributed by atoms with E-state index in [0.29, 0.717) is 50.8 Å². The van der Waals surface area contributed by atoms with Gasteiger partial charge in [0.05, 0.1) is 31.1 Å². The average molecular weight is 330 g/mol. The Morgan fingerprint density at radius 3 is 2.82 bits per heavy atom. The Labute approximate surface area is 132 Å². The molecule has 1 N–H and O–H groups in total. The number of carbonyl (C=O) groups is 1. The molecule has 0 aromatic heterocycles. The minimum atomic E-state index is -0.490. The standard InChI is InChI=1S/C14H17ClFN3O3/c15-17-8-11-9-19(14(20)22-11)10-1-2-13(12(16)7-10)18-3-5-21-6-4-18/h1-2,7,11,17H,3-6,8-9H2/t11-/m0/s1. The Bertz CT molecular complexity index is 554. The fraction of sp³-hybridized carbons (Fsp3) is 0.500. The molecule has 0 bridgehead atoms. The number of hydrogen-bond donors (Lipinski definition) is 1. The van der Waals surface area contributed by atoms with Crippen LogP contribution in [0.3, 0.4) is 0 Å². The number of morpholine rings is 1. The number of hydrogen-bond acceptors (Lipinski definition) is 5. The van der Waals surface area contributed by atoms with Gasteiger partial charge in [0.25, 0.3) is 0 Å². The summed E-state index contributed by atoms with van der Waals surface area (Å²) in [6.07, 6.45) is -0.831. The quantitative estimate of drug-likeness (QED) is 0.853. The van der Waals surface area contributed by atoms with Crippen molar-refractivity contribution in [2.24, 2.45) is 0 Å². The minimum Gasteiger partial charge on any atom is -0.443 e. The third-order valence-corrected chi connectivity index (χ3v) is 3.93. The van der Waals surface area contributed by atoms with Gasteiger partial charge in [0.2, 0.25) is 0 Å². The fourth-order valence-corrected chi connectivity index (χ4v) is 2.82. The molecule has 2 aliphatic heterocycles. The molecule has 2 heterocycles. The Hall–Kier alpha value is -1.57. The molecule has 0 saturated carbocycles. The maximum atomic E-state index is 14.4. The van der Waals surface area contributed by atoms with Crippen LogP contribution in [0.1, 0.15) is 0 Å². The van der Waals surface area contributed by atoms with Gasteiger partial charge < -0.3 is 14.4 Å². The highest BCUT2D eigenvalue weighted by Crippen LogP contribution is 2.28. The summed E-state index contributed by atoms with van der Waals surface area (Å²) in [6.45, 7) is 3.18. The van der Waals surface area contributed by atoms with Gasteiger partial charge in [0, 0.05) is 19.6 Å². The fourth-order valence-electron chi connectivity index (χ4n) is 2.65. The molecule has 3 rings (SSSR count). The number of nitrogens with one attached hydrogen (secondary N) is 1. The number of anilines is 2. The lowest BCUT2D eigenvalue weighted by atomic mass is 10.2. The zero-order valence-electron chi connectivity index (χ0n) is 11.9. The minimum absolute atomic E-state index is 0.341. The first-order valence-corrected chi connectivity index (χ1v) is 7.50. The van der Waals surface area contributed by atoms with Crippen molar-refractivity contribution in [3.8, 4) is 0 Å². The average Bonchev–Trinajstić information content (AvgIpc) is 2.89. The van der Waals surface area contributed by atoms with Crippen LogP contribution < -0.4 is 14.6 Å². The van der Waals surface area contributed by atoms with Crippen LogP contribution in [0.4, 0.5) is 20.6 Å². The predicted molar refractivity (Wildman–Crippen MR) is 80.9 cm³/mol. The molecular formula is C14H17ClFN3O3. The summed E-state index contributed by atoms with van der Waals surface area (Å²) >= 11 is 5.42. The Balaban J connectivity index is 1.75. The van der Waals surface area contributed by atoms with Crippen LogP contribution in [0.2, 0.25) is 0 Å². The Morgan fingerprint density at radius 2 is 2.14 bits per heavy atom. The summed E-state index contributed by atoms with van der Waals surface area (Å²) < 4.78 is 24.8. The maximum absolute atomic E-state index is 14.4. The van der Waals surface area contributed by atoms with Crippen LogP contribution in [0.5, 0.6) is 0 Å². The molecule has 1 aromatic carbocycles. The number of benzene rings is 1. The lowest BCUT2D eigenvalue weighted by Gasteiger charge is -2.29. The topological polar surface area (TPSA) is 54.0 Å². The summed E-state index contributed by atoms with van der Waals surface area (Å²) in [5.74, 6) is -0.355. The van der Waals surface area contributed by atoms with Gasteiger partial charge in [0.15, 0.2) is 0 Å². The van der Waals surface area contributed by atoms with E-state index in [1.165, 1.54) is 11.0 Å². The number of ether oxygens (including phenoxy) is 2. The van der Waals surface area contributed by atoms with Gasteiger partial charge in [0.1, 0.15) is 11.9 Å². The molecule has 0 spiro atoms. The number of amides is 1. The highest BCUT2D eigenvalue weighted by atomic mass is 35.5. The molecule has 1 aromatic rings. The molecular weight excluding hydrogens is 313 g/mol. The highest BCUT2D eigenvalue weighted by molar-refractivity contribution is 6.13. The normalized spacial score (nSPS) is 22.1. The monoisotopic (exact) mass is 329 g/mol. The highest BCUT2D eigenvalue weighted by Gasteiger charge is 2.32. The molecule has 120 valence electrons. The van der Waals surface area contributed by atoms with Gasteiger partial charge in [-0.05, 0) is 30.0 Å². The van der Waals surface area contributed by atoms with Crippen molar-refractivity contribution in [3.63, 3.8) is 0 Å². The summed E-state index contributed by atoms with van der Waals surface area (Å²) in [5, 5.41) is 0. The molecule has 6 nitrogen and oxygen atoms in total. The molecule has 22 heavy (non-hydrogen) atoms. The Kier molecular flexibility index (Phi) is 4.66. The van der Waals surface area contributed by atoms with Crippen molar-refractivity contribution in [1.29, 1.82) is 0 Å². The lowest BCUT2D eigenvalue weighted by Crippen LogP contribution is -2.36. The van der Waals surface area contributed by atoms with Crippen molar-refractivity contribution < 1.29 is 18.7 Å². The Morgan fingerprint density at radius 1 is 1.36 bits per heavy atom. The molecule has 2 saturated heterocycles. The third-order valence-electron chi connectivity index (χ3n) is 3.77. The van der Waals surface area contributed by atoms with Gasteiger partial charge in [-0.3, -0.25) is 4.90 Å². The lowest BCUT2D eigenvalue weighted by molar-refractivity contribution is 0.122. The van der Waals surface area contributed by atoms with Crippen molar-refractivity contribution >= 4 is 29.2 Å². The van der Waals surface area contributed by atoms with Crippen LogP contribution in [0.25, 0.3) is 0 Å². The van der Waals surface area contributed by atoms with Gasteiger partial charge in [-0.25, -0.2) is 14.0 Å². The van der Waals surface area contributed by atoms with E-state index >= 15 is 0 Å². The second kappa shape index (κ2) is 6.68. The molecule has 0 unspecified atom stereocenters. The second-order valence-corrected chi connectivity index (χ2v) is 5.46. The molecule has 1 amide bonds. The SMILES string of the molecule is O=C1O[C@@H](CNCl)CN1c1ccc(N2CCOCC2)c(F)c1. The zero-order valence-corrected chi connectivity index (χ0v) is 12.7. The van der Waals surface area contributed by atoms with E-state index in [4.69, 9.17) is 21.3 Å². The van der Waals surface area contributed by atoms with E-state index in [2.05, 4.69) is 4.84 Å². The van der Waals surface area contributed by atoms with Crippen molar-refractivity contribution in [3.05, 3.63) is 24.0 Å². The summed E-state index contributed by atoms with van der Waals surface area (Å²) in [7, 11) is 0. The van der Waals surface area contributed by atoms with Gasteiger partial charge in [-0.1, -0.05) is 0 Å². The predicted octanol–water partition coefficient (Wildman–Crippen LogP) is 1.73. The number of nitrogens with zero attached hydrogens (tertiary/aromatic N) is 2. The van der Waals surface area contributed by atoms with Crippen LogP contribution in [-0.4, -0.2) is 51.6 Å². The number of cyclic esters (lactones) is 1. The van der Waals surface area contributed by atoms with Crippen LogP contribution in [-0.2, 0) is 9.47 Å². The molecule has 2 fully saturated rings. The van der Waals surface area contributed by atoms with Gasteiger partial charge in [-0.2, -0.15) is 0 Å². The van der Waals surface area contributed by atoms with E-state index in [0.717, 1.165) is 0 Å². The first-order chi connectivity index (χ1) is 10.7. The van der Waals surface area contributed by atoms with Crippen molar-refractivity contribution in [1.82, 2.24) is 4.84 Å². The van der Waals surface area contributed by atoms with Crippen molar-refractivity contribution in [2.45, 2.75) is 6.10 Å². The van der Waals surface area contributed by atoms with Gasteiger partial charge >= 0.3 is 6.09 Å². The summed E-state index contributed by atoms with van der Waals surface area (Å²) in [6, 6.07) is 4.78. The number of rotatable bonds is 4. The first kappa shape index (κ1) is 15.3. The summed E-state index contributed by atoms with van der Waals surface area (Å²) in [4.78, 5) is 17.6. The first-order valence-electron chi connectivity index (χ1n) is 7.13. The number of halogens is 2. The molecule has 0 aliphatic carbocycles. The van der Waals surface area contributed by atoms with Crippen molar-refractivity contribution in [2.75, 3.05) is 49.2 Å². The van der Waals surface area contributed by atoms with E-state index in [9.17, 15) is 9.18 Å². The molecule has 0 radical (unpaired) electrons. The summed E-state index contributed by atoms with van der Waals surface area (Å²) in [5.41, 5.74) is 1.01. The van der Waals surface area contributed by atoms with E-state index < -0.39 is 6.09 Å². The van der Waals surface area contributed by atoms with E-state index in [1.807, 2.05) is 4.90 Å². The second-order valence-electron chi connectivity index (χ2n) is 5.19.